The van der Waals surface area contributed by atoms with Crippen molar-refractivity contribution in [3.8, 4) is 11.1 Å². The van der Waals surface area contributed by atoms with E-state index in [2.05, 4.69) is 20.6 Å². The van der Waals surface area contributed by atoms with Crippen LogP contribution in [0, 0.1) is 5.92 Å². The molecule has 0 fully saturated rings. The molecular formula is C22H26N4O4S. The van der Waals surface area contributed by atoms with Crippen LogP contribution in [0.15, 0.2) is 53.4 Å². The lowest BCUT2D eigenvalue weighted by Crippen LogP contribution is -2.25. The van der Waals surface area contributed by atoms with E-state index < -0.39 is 21.7 Å². The highest BCUT2D eigenvalue weighted by molar-refractivity contribution is 7.90. The van der Waals surface area contributed by atoms with Gasteiger partial charge in [0.05, 0.1) is 10.8 Å². The Labute approximate surface area is 181 Å². The highest BCUT2D eigenvalue weighted by Gasteiger charge is 2.32. The molecule has 2 aromatic carbocycles. The molecule has 0 amide bonds. The largest absolute Gasteiger partial charge is 0.481 e. The number of aliphatic carboxylic acids is 1. The van der Waals surface area contributed by atoms with Gasteiger partial charge in [-0.1, -0.05) is 61.4 Å². The maximum absolute atomic E-state index is 11.9. The van der Waals surface area contributed by atoms with Gasteiger partial charge in [0.15, 0.2) is 15.7 Å². The van der Waals surface area contributed by atoms with Crippen LogP contribution in [0.4, 0.5) is 0 Å². The van der Waals surface area contributed by atoms with Crippen LogP contribution in [0.3, 0.4) is 0 Å². The Hall–Kier alpha value is -3.07. The first-order valence-corrected chi connectivity index (χ1v) is 12.0. The van der Waals surface area contributed by atoms with Crippen LogP contribution in [0.5, 0.6) is 0 Å². The summed E-state index contributed by atoms with van der Waals surface area (Å²) in [7, 11) is -3.23. The van der Waals surface area contributed by atoms with E-state index in [9.17, 15) is 18.3 Å². The number of rotatable bonds is 10. The van der Waals surface area contributed by atoms with Gasteiger partial charge in [0.25, 0.3) is 0 Å². The summed E-state index contributed by atoms with van der Waals surface area (Å²) in [5.41, 5.74) is 2.81. The van der Waals surface area contributed by atoms with Crippen molar-refractivity contribution in [1.29, 1.82) is 0 Å². The Kier molecular flexibility index (Phi) is 7.17. The second kappa shape index (κ2) is 9.82. The lowest BCUT2D eigenvalue weighted by molar-refractivity contribution is -0.143. The van der Waals surface area contributed by atoms with Crippen molar-refractivity contribution in [2.24, 2.45) is 5.92 Å². The lowest BCUT2D eigenvalue weighted by atomic mass is 9.83. The minimum absolute atomic E-state index is 0.280. The molecule has 0 saturated carbocycles. The molecule has 0 radical (unpaired) electrons. The molecule has 2 N–H and O–H groups in total. The SMILES string of the molecule is CCCCC(C(=O)O)C(Cc1ccc(-c2ccc(S(C)(=O)=O)cc2)cc1)c1nn[nH]n1. The number of sulfone groups is 1. The first kappa shape index (κ1) is 22.6. The number of aromatic nitrogens is 4. The Morgan fingerprint density at radius 1 is 1.06 bits per heavy atom. The van der Waals surface area contributed by atoms with Crippen LogP contribution >= 0.6 is 0 Å². The maximum atomic E-state index is 11.9. The third-order valence-electron chi connectivity index (χ3n) is 5.39. The third-order valence-corrected chi connectivity index (χ3v) is 6.52. The molecule has 0 aliphatic heterocycles. The zero-order valence-corrected chi connectivity index (χ0v) is 18.3. The molecule has 0 saturated heterocycles. The van der Waals surface area contributed by atoms with Crippen molar-refractivity contribution in [2.75, 3.05) is 6.26 Å². The van der Waals surface area contributed by atoms with E-state index in [0.29, 0.717) is 18.7 Å². The van der Waals surface area contributed by atoms with Crippen molar-refractivity contribution in [1.82, 2.24) is 20.6 Å². The molecule has 164 valence electrons. The lowest BCUT2D eigenvalue weighted by Gasteiger charge is -2.21. The van der Waals surface area contributed by atoms with E-state index in [4.69, 9.17) is 0 Å². The molecule has 0 aliphatic rings. The fraction of sp³-hybridized carbons (Fsp3) is 0.364. The van der Waals surface area contributed by atoms with Crippen molar-refractivity contribution in [2.45, 2.75) is 43.4 Å². The van der Waals surface area contributed by atoms with Crippen LogP contribution in [0.1, 0.15) is 43.5 Å². The molecule has 2 unspecified atom stereocenters. The summed E-state index contributed by atoms with van der Waals surface area (Å²) >= 11 is 0. The molecule has 9 heteroatoms. The summed E-state index contributed by atoms with van der Waals surface area (Å²) in [5.74, 6) is -1.43. The average molecular weight is 443 g/mol. The minimum Gasteiger partial charge on any atom is -0.481 e. The number of nitrogens with one attached hydrogen (secondary N) is 1. The molecule has 8 nitrogen and oxygen atoms in total. The summed E-state index contributed by atoms with van der Waals surface area (Å²) in [4.78, 5) is 12.2. The van der Waals surface area contributed by atoms with Gasteiger partial charge in [0, 0.05) is 12.2 Å². The van der Waals surface area contributed by atoms with Gasteiger partial charge in [-0.05, 0) is 41.7 Å². The number of H-pyrrole nitrogens is 1. The zero-order valence-electron chi connectivity index (χ0n) is 17.5. The van der Waals surface area contributed by atoms with Gasteiger partial charge in [0.2, 0.25) is 0 Å². The molecule has 31 heavy (non-hydrogen) atoms. The quantitative estimate of drug-likeness (QED) is 0.492. The minimum atomic E-state index is -3.23. The Bertz CT molecular complexity index is 1100. The fourth-order valence-electron chi connectivity index (χ4n) is 3.64. The highest BCUT2D eigenvalue weighted by atomic mass is 32.2. The van der Waals surface area contributed by atoms with Gasteiger partial charge in [-0.15, -0.1) is 10.2 Å². The summed E-state index contributed by atoms with van der Waals surface area (Å²) < 4.78 is 23.3. The standard InChI is InChI=1S/C22H26N4O4S/c1-3-4-5-19(22(27)28)20(21-23-25-26-24-21)14-15-6-8-16(9-7-15)17-10-12-18(13-11-17)31(2,29)30/h6-13,19-20H,3-5,14H2,1-2H3,(H,27,28)(H,23,24,25,26). The van der Waals surface area contributed by atoms with Crippen molar-refractivity contribution >= 4 is 15.8 Å². The number of nitrogens with zero attached hydrogens (tertiary/aromatic N) is 3. The number of hydrogen-bond donors (Lipinski definition) is 2. The monoisotopic (exact) mass is 442 g/mol. The summed E-state index contributed by atoms with van der Waals surface area (Å²) in [5, 5.41) is 23.9. The van der Waals surface area contributed by atoms with Gasteiger partial charge < -0.3 is 5.11 Å². The molecule has 2 atom stereocenters. The number of aromatic amines is 1. The van der Waals surface area contributed by atoms with Crippen LogP contribution in [0.25, 0.3) is 11.1 Å². The molecule has 0 bridgehead atoms. The second-order valence-electron chi connectivity index (χ2n) is 7.66. The number of carbonyl (C=O) groups is 1. The van der Waals surface area contributed by atoms with Crippen molar-refractivity contribution in [3.05, 3.63) is 59.9 Å². The van der Waals surface area contributed by atoms with Gasteiger partial charge in [0.1, 0.15) is 0 Å². The maximum Gasteiger partial charge on any atom is 0.307 e. The number of unbranched alkanes of at least 4 members (excludes halogenated alkanes) is 1. The van der Waals surface area contributed by atoms with Crippen LogP contribution in [0.2, 0.25) is 0 Å². The number of carboxylic acids is 1. The summed E-state index contributed by atoms with van der Waals surface area (Å²) in [6.07, 6.45) is 3.94. The molecule has 0 spiro atoms. The smallest absolute Gasteiger partial charge is 0.307 e. The number of carboxylic acid groups (broad SMARTS) is 1. The van der Waals surface area contributed by atoms with E-state index in [1.165, 1.54) is 6.26 Å². The predicted molar refractivity (Wildman–Crippen MR) is 116 cm³/mol. The molecular weight excluding hydrogens is 416 g/mol. The topological polar surface area (TPSA) is 126 Å². The Balaban J connectivity index is 1.82. The van der Waals surface area contributed by atoms with E-state index >= 15 is 0 Å². The van der Waals surface area contributed by atoms with Crippen molar-refractivity contribution < 1.29 is 18.3 Å². The van der Waals surface area contributed by atoms with Gasteiger partial charge in [-0.25, -0.2) is 8.42 Å². The zero-order chi connectivity index (χ0) is 22.4. The molecule has 3 rings (SSSR count). The first-order valence-electron chi connectivity index (χ1n) is 10.1. The number of tetrazole rings is 1. The summed E-state index contributed by atoms with van der Waals surface area (Å²) in [6, 6.07) is 14.5. The van der Waals surface area contributed by atoms with Crippen LogP contribution < -0.4 is 0 Å². The van der Waals surface area contributed by atoms with Gasteiger partial charge >= 0.3 is 5.97 Å². The predicted octanol–water partition coefficient (Wildman–Crippen LogP) is 3.49. The number of benzene rings is 2. The van der Waals surface area contributed by atoms with Gasteiger partial charge in [-0.3, -0.25) is 4.79 Å². The summed E-state index contributed by atoms with van der Waals surface area (Å²) in [6.45, 7) is 2.03. The molecule has 3 aromatic rings. The van der Waals surface area contributed by atoms with E-state index in [1.54, 1.807) is 24.3 Å². The second-order valence-corrected chi connectivity index (χ2v) is 9.68. The third kappa shape index (κ3) is 5.75. The fourth-order valence-corrected chi connectivity index (χ4v) is 4.27. The molecule has 0 aliphatic carbocycles. The average Bonchev–Trinajstić information content (AvgIpc) is 3.27. The first-order chi connectivity index (χ1) is 14.8. The Morgan fingerprint density at radius 3 is 2.16 bits per heavy atom. The van der Waals surface area contributed by atoms with Crippen LogP contribution in [-0.4, -0.2) is 46.4 Å². The molecule has 1 heterocycles. The van der Waals surface area contributed by atoms with Crippen LogP contribution in [-0.2, 0) is 21.1 Å². The Morgan fingerprint density at radius 2 is 1.68 bits per heavy atom. The van der Waals surface area contributed by atoms with E-state index in [1.807, 2.05) is 31.2 Å². The van der Waals surface area contributed by atoms with E-state index in [0.717, 1.165) is 29.5 Å². The van der Waals surface area contributed by atoms with Gasteiger partial charge in [-0.2, -0.15) is 5.21 Å². The highest BCUT2D eigenvalue weighted by Crippen LogP contribution is 2.31. The molecule has 1 aromatic heterocycles. The van der Waals surface area contributed by atoms with E-state index in [-0.39, 0.29) is 10.8 Å². The van der Waals surface area contributed by atoms with Crippen molar-refractivity contribution in [3.63, 3.8) is 0 Å². The number of hydrogen-bond acceptors (Lipinski definition) is 6. The normalized spacial score (nSPS) is 13.6.